The average Bonchev–Trinajstić information content (AvgIpc) is 2.00. The van der Waals surface area contributed by atoms with Gasteiger partial charge in [-0.15, -0.1) is 0 Å². The molecule has 0 fully saturated rings. The number of hydrogen-bond acceptors (Lipinski definition) is 4. The second-order valence-electron chi connectivity index (χ2n) is 3.50. The van der Waals surface area contributed by atoms with Crippen molar-refractivity contribution in [1.82, 2.24) is 5.32 Å². The van der Waals surface area contributed by atoms with Crippen LogP contribution in [0.25, 0.3) is 0 Å². The van der Waals surface area contributed by atoms with Crippen molar-refractivity contribution in [2.45, 2.75) is 26.4 Å². The van der Waals surface area contributed by atoms with Gasteiger partial charge < -0.3 is 19.7 Å². The van der Waals surface area contributed by atoms with Crippen molar-refractivity contribution in [3.8, 4) is 0 Å². The summed E-state index contributed by atoms with van der Waals surface area (Å²) in [7, 11) is 0.546. The number of rotatable bonds is 4. The number of nitrogens with one attached hydrogen (secondary N) is 1. The van der Waals surface area contributed by atoms with Crippen LogP contribution < -0.4 is 5.32 Å². The van der Waals surface area contributed by atoms with E-state index >= 15 is 0 Å². The van der Waals surface area contributed by atoms with Crippen LogP contribution in [0.15, 0.2) is 12.3 Å². The zero-order chi connectivity index (χ0) is 11.0. The monoisotopic (exact) mass is 200 g/mol. The third kappa shape index (κ3) is 8.93. The van der Waals surface area contributed by atoms with E-state index < -0.39 is 11.7 Å². The van der Waals surface area contributed by atoms with Gasteiger partial charge in [-0.1, -0.05) is 0 Å². The molecule has 5 nitrogen and oxygen atoms in total. The van der Waals surface area contributed by atoms with E-state index in [2.05, 4.69) is 9.97 Å². The Morgan fingerprint density at radius 2 is 2.21 bits per heavy atom. The second kappa shape index (κ2) is 6.31. The van der Waals surface area contributed by atoms with Gasteiger partial charge in [-0.3, -0.25) is 0 Å². The maximum atomic E-state index is 11.0. The van der Waals surface area contributed by atoms with Gasteiger partial charge in [-0.25, -0.2) is 4.79 Å². The largest absolute Gasteiger partial charge is 0.568 e. The third-order valence-electron chi connectivity index (χ3n) is 0.999. The van der Waals surface area contributed by atoms with Gasteiger partial charge in [0.25, 0.3) is 0 Å². The SMILES string of the molecule is CC(C)(C)OC(=O)NCC=CO[B]O. The maximum absolute atomic E-state index is 11.0. The van der Waals surface area contributed by atoms with Crippen molar-refractivity contribution in [2.75, 3.05) is 6.54 Å². The molecule has 1 radical (unpaired) electrons. The van der Waals surface area contributed by atoms with Crippen molar-refractivity contribution in [3.63, 3.8) is 0 Å². The molecule has 0 aromatic rings. The van der Waals surface area contributed by atoms with E-state index in [9.17, 15) is 4.79 Å². The van der Waals surface area contributed by atoms with Crippen LogP contribution in [0.4, 0.5) is 4.79 Å². The second-order valence-corrected chi connectivity index (χ2v) is 3.50. The predicted octanol–water partition coefficient (Wildman–Crippen LogP) is 0.568. The average molecular weight is 200 g/mol. The first kappa shape index (κ1) is 12.8. The highest BCUT2D eigenvalue weighted by atomic mass is 16.6. The first-order valence-electron chi connectivity index (χ1n) is 4.19. The topological polar surface area (TPSA) is 67.8 Å². The van der Waals surface area contributed by atoms with E-state index in [0.29, 0.717) is 7.69 Å². The van der Waals surface area contributed by atoms with E-state index in [0.717, 1.165) is 0 Å². The summed E-state index contributed by atoms with van der Waals surface area (Å²) in [4.78, 5) is 11.0. The Kier molecular flexibility index (Phi) is 5.79. The Morgan fingerprint density at radius 3 is 2.71 bits per heavy atom. The zero-order valence-corrected chi connectivity index (χ0v) is 8.61. The molecule has 2 N–H and O–H groups in total. The lowest BCUT2D eigenvalue weighted by atomic mass is 10.2. The molecule has 1 amide bonds. The molecule has 0 spiro atoms. The van der Waals surface area contributed by atoms with E-state index in [1.54, 1.807) is 20.8 Å². The lowest BCUT2D eigenvalue weighted by molar-refractivity contribution is 0.0534. The summed E-state index contributed by atoms with van der Waals surface area (Å²) in [5.74, 6) is 0. The van der Waals surface area contributed by atoms with Gasteiger partial charge in [0, 0.05) is 6.54 Å². The summed E-state index contributed by atoms with van der Waals surface area (Å²) in [5.41, 5.74) is -0.497. The fraction of sp³-hybridized carbons (Fsp3) is 0.625. The van der Waals surface area contributed by atoms with Crippen molar-refractivity contribution < 1.29 is 19.2 Å². The van der Waals surface area contributed by atoms with E-state index in [4.69, 9.17) is 9.76 Å². The Labute approximate surface area is 84.4 Å². The van der Waals surface area contributed by atoms with Crippen molar-refractivity contribution >= 4 is 13.8 Å². The summed E-state index contributed by atoms with van der Waals surface area (Å²) in [5, 5.41) is 10.6. The highest BCUT2D eigenvalue weighted by Gasteiger charge is 2.14. The molecule has 0 saturated carbocycles. The highest BCUT2D eigenvalue weighted by molar-refractivity contribution is 6.16. The van der Waals surface area contributed by atoms with E-state index in [1.165, 1.54) is 12.3 Å². The number of alkyl carbamates (subject to hydrolysis) is 1. The zero-order valence-electron chi connectivity index (χ0n) is 8.61. The number of carbonyl (C=O) groups is 1. The Hall–Kier alpha value is -1.17. The third-order valence-corrected chi connectivity index (χ3v) is 0.999. The fourth-order valence-electron chi connectivity index (χ4n) is 0.595. The van der Waals surface area contributed by atoms with Gasteiger partial charge in [0.15, 0.2) is 0 Å². The minimum atomic E-state index is -0.497. The van der Waals surface area contributed by atoms with E-state index in [1.807, 2.05) is 0 Å². The molecule has 0 rings (SSSR count). The lowest BCUT2D eigenvalue weighted by Gasteiger charge is -2.19. The maximum Gasteiger partial charge on any atom is 0.568 e. The van der Waals surface area contributed by atoms with Crippen LogP contribution in [0.3, 0.4) is 0 Å². The van der Waals surface area contributed by atoms with Crippen LogP contribution in [-0.4, -0.2) is 30.9 Å². The van der Waals surface area contributed by atoms with E-state index in [-0.39, 0.29) is 6.54 Å². The molecule has 0 aromatic carbocycles. The summed E-state index contributed by atoms with van der Waals surface area (Å²) in [6.07, 6.45) is 2.28. The Balaban J connectivity index is 3.55. The summed E-state index contributed by atoms with van der Waals surface area (Å²) in [6, 6.07) is 0. The van der Waals surface area contributed by atoms with Crippen LogP contribution in [0.2, 0.25) is 0 Å². The summed E-state index contributed by atoms with van der Waals surface area (Å²) >= 11 is 0. The Bertz CT molecular complexity index is 200. The quantitative estimate of drug-likeness (QED) is 0.514. The molecule has 0 unspecified atom stereocenters. The van der Waals surface area contributed by atoms with Gasteiger partial charge in [0.2, 0.25) is 0 Å². The van der Waals surface area contributed by atoms with Crippen molar-refractivity contribution in [2.24, 2.45) is 0 Å². The highest BCUT2D eigenvalue weighted by Crippen LogP contribution is 2.05. The first-order chi connectivity index (χ1) is 6.45. The molecule has 14 heavy (non-hydrogen) atoms. The molecule has 0 aliphatic rings. The standard InChI is InChI=1S/C8H15BNO4/c1-8(2,3)14-7(11)10-5-4-6-13-9-12/h4,6,12H,5H2,1-3H3,(H,10,11). The van der Waals surface area contributed by atoms with Crippen LogP contribution in [0.5, 0.6) is 0 Å². The van der Waals surface area contributed by atoms with Gasteiger partial charge in [0.1, 0.15) is 5.60 Å². The molecule has 0 saturated heterocycles. The van der Waals surface area contributed by atoms with Crippen molar-refractivity contribution in [3.05, 3.63) is 12.3 Å². The molecule has 0 atom stereocenters. The predicted molar refractivity (Wildman–Crippen MR) is 52.4 cm³/mol. The van der Waals surface area contributed by atoms with Crippen LogP contribution >= 0.6 is 0 Å². The minimum Gasteiger partial charge on any atom is -0.543 e. The van der Waals surface area contributed by atoms with Crippen LogP contribution in [0, 0.1) is 0 Å². The number of amides is 1. The Morgan fingerprint density at radius 1 is 1.57 bits per heavy atom. The summed E-state index contributed by atoms with van der Waals surface area (Å²) < 4.78 is 9.34. The van der Waals surface area contributed by atoms with Gasteiger partial charge in [-0.05, 0) is 26.8 Å². The van der Waals surface area contributed by atoms with Gasteiger partial charge in [0.05, 0.1) is 6.26 Å². The molecule has 0 aliphatic carbocycles. The molecule has 0 heterocycles. The number of carbonyl (C=O) groups excluding carboxylic acids is 1. The normalized spacial score (nSPS) is 11.1. The number of ether oxygens (including phenoxy) is 1. The molecule has 0 bridgehead atoms. The lowest BCUT2D eigenvalue weighted by Crippen LogP contribution is -2.32. The molecule has 0 aromatic heterocycles. The fourth-order valence-corrected chi connectivity index (χ4v) is 0.595. The van der Waals surface area contributed by atoms with Crippen molar-refractivity contribution in [1.29, 1.82) is 0 Å². The first-order valence-corrected chi connectivity index (χ1v) is 4.19. The smallest absolute Gasteiger partial charge is 0.543 e. The molecule has 0 aliphatic heterocycles. The van der Waals surface area contributed by atoms with Gasteiger partial charge in [-0.2, -0.15) is 0 Å². The molecular weight excluding hydrogens is 185 g/mol. The molecule has 79 valence electrons. The summed E-state index contributed by atoms with van der Waals surface area (Å²) in [6.45, 7) is 5.63. The van der Waals surface area contributed by atoms with Crippen LogP contribution in [-0.2, 0) is 9.39 Å². The minimum absolute atomic E-state index is 0.281. The number of hydrogen-bond donors (Lipinski definition) is 2. The van der Waals surface area contributed by atoms with Crippen LogP contribution in [0.1, 0.15) is 20.8 Å². The molecular formula is C8H15BNO4. The van der Waals surface area contributed by atoms with Gasteiger partial charge >= 0.3 is 13.8 Å². The molecule has 6 heteroatoms.